The number of aryl methyl sites for hydroxylation is 1. The van der Waals surface area contributed by atoms with Gasteiger partial charge in [0.05, 0.1) is 0 Å². The first kappa shape index (κ1) is 15.1. The molecule has 0 radical (unpaired) electrons. The number of nitrogens with one attached hydrogen (secondary N) is 1. The van der Waals surface area contributed by atoms with Crippen molar-refractivity contribution in [1.29, 1.82) is 0 Å². The Bertz CT molecular complexity index is 556. The number of phenols is 1. The second-order valence-corrected chi connectivity index (χ2v) is 5.22. The molecular weight excluding hydrogens is 314 g/mol. The molecule has 0 saturated carbocycles. The molecule has 106 valence electrons. The number of hydrogen-bond acceptors (Lipinski definition) is 2. The first-order valence-electron chi connectivity index (χ1n) is 6.90. The zero-order valence-electron chi connectivity index (χ0n) is 11.4. The number of rotatable bonds is 3. The highest BCUT2D eigenvalue weighted by molar-refractivity contribution is 8.93. The molecule has 2 aromatic carbocycles. The van der Waals surface area contributed by atoms with E-state index in [-0.39, 0.29) is 17.0 Å². The van der Waals surface area contributed by atoms with Crippen LogP contribution in [0.4, 0.5) is 0 Å². The molecule has 0 saturated heterocycles. The smallest absolute Gasteiger partial charge is 0.119 e. The fourth-order valence-electron chi connectivity index (χ4n) is 2.80. The van der Waals surface area contributed by atoms with Crippen LogP contribution in [0.5, 0.6) is 5.75 Å². The molecular formula is C17H20BrNO. The van der Waals surface area contributed by atoms with Crippen molar-refractivity contribution in [3.63, 3.8) is 0 Å². The van der Waals surface area contributed by atoms with Gasteiger partial charge >= 0.3 is 0 Å². The zero-order chi connectivity index (χ0) is 13.1. The van der Waals surface area contributed by atoms with E-state index in [1.165, 1.54) is 11.1 Å². The van der Waals surface area contributed by atoms with Crippen molar-refractivity contribution >= 4 is 17.0 Å². The predicted molar refractivity (Wildman–Crippen MR) is 87.5 cm³/mol. The third-order valence-electron chi connectivity index (χ3n) is 3.90. The Balaban J connectivity index is 0.00000147. The average molecular weight is 334 g/mol. The maximum Gasteiger partial charge on any atom is 0.119 e. The Labute approximate surface area is 130 Å². The molecule has 0 fully saturated rings. The van der Waals surface area contributed by atoms with Gasteiger partial charge in [-0.25, -0.2) is 0 Å². The Morgan fingerprint density at radius 1 is 1.05 bits per heavy atom. The van der Waals surface area contributed by atoms with Crippen molar-refractivity contribution in [1.82, 2.24) is 5.32 Å². The number of fused-ring (bicyclic) bond motifs is 1. The number of phenolic OH excluding ortho intramolecular Hbond substituents is 1. The van der Waals surface area contributed by atoms with Crippen molar-refractivity contribution in [2.24, 2.45) is 0 Å². The molecule has 3 rings (SSSR count). The number of aromatic hydroxyl groups is 1. The first-order chi connectivity index (χ1) is 9.33. The van der Waals surface area contributed by atoms with E-state index in [0.29, 0.717) is 11.8 Å². The summed E-state index contributed by atoms with van der Waals surface area (Å²) in [4.78, 5) is 0. The topological polar surface area (TPSA) is 32.3 Å². The molecule has 0 bridgehead atoms. The number of halogens is 1. The minimum absolute atomic E-state index is 0. The van der Waals surface area contributed by atoms with Gasteiger partial charge in [-0.3, -0.25) is 0 Å². The molecule has 20 heavy (non-hydrogen) atoms. The Kier molecular flexibility index (Phi) is 5.21. The van der Waals surface area contributed by atoms with Crippen LogP contribution in [-0.2, 0) is 19.4 Å². The lowest BCUT2D eigenvalue weighted by Gasteiger charge is -2.26. The monoisotopic (exact) mass is 333 g/mol. The van der Waals surface area contributed by atoms with Gasteiger partial charge < -0.3 is 10.4 Å². The minimum Gasteiger partial charge on any atom is -0.508 e. The van der Waals surface area contributed by atoms with Gasteiger partial charge in [0.1, 0.15) is 5.75 Å². The number of benzene rings is 2. The van der Waals surface area contributed by atoms with Gasteiger partial charge in [-0.1, -0.05) is 42.5 Å². The molecule has 3 heteroatoms. The van der Waals surface area contributed by atoms with Gasteiger partial charge in [0, 0.05) is 12.6 Å². The third-order valence-corrected chi connectivity index (χ3v) is 3.90. The largest absolute Gasteiger partial charge is 0.508 e. The molecule has 1 aliphatic rings. The fraction of sp³-hybridized carbons (Fsp3) is 0.294. The molecule has 0 heterocycles. The summed E-state index contributed by atoms with van der Waals surface area (Å²) in [5.74, 6) is 0.448. The lowest BCUT2D eigenvalue weighted by Crippen LogP contribution is -2.34. The Morgan fingerprint density at radius 2 is 1.85 bits per heavy atom. The molecule has 1 atom stereocenters. The highest BCUT2D eigenvalue weighted by Crippen LogP contribution is 2.28. The predicted octanol–water partition coefficient (Wildman–Crippen LogP) is 3.62. The number of hydrogen-bond donors (Lipinski definition) is 2. The van der Waals surface area contributed by atoms with Crippen molar-refractivity contribution in [2.75, 3.05) is 0 Å². The van der Waals surface area contributed by atoms with E-state index >= 15 is 0 Å². The van der Waals surface area contributed by atoms with E-state index in [1.807, 2.05) is 12.1 Å². The van der Waals surface area contributed by atoms with Gasteiger partial charge in [0.2, 0.25) is 0 Å². The summed E-state index contributed by atoms with van der Waals surface area (Å²) in [6.07, 6.45) is 3.12. The van der Waals surface area contributed by atoms with Crippen LogP contribution in [0.2, 0.25) is 0 Å². The summed E-state index contributed by atoms with van der Waals surface area (Å²) in [5.41, 5.74) is 3.74. The molecule has 2 N–H and O–H groups in total. The van der Waals surface area contributed by atoms with E-state index in [1.54, 1.807) is 6.07 Å². The summed E-state index contributed by atoms with van der Waals surface area (Å²) < 4.78 is 0. The molecule has 0 aliphatic heterocycles. The van der Waals surface area contributed by atoms with Gasteiger partial charge in [-0.05, 0) is 42.0 Å². The van der Waals surface area contributed by atoms with Crippen LogP contribution in [0.1, 0.15) is 23.1 Å². The summed E-state index contributed by atoms with van der Waals surface area (Å²) in [6.45, 7) is 0.897. The van der Waals surface area contributed by atoms with Crippen molar-refractivity contribution in [3.8, 4) is 5.75 Å². The van der Waals surface area contributed by atoms with Crippen LogP contribution < -0.4 is 5.32 Å². The summed E-state index contributed by atoms with van der Waals surface area (Å²) >= 11 is 0. The molecule has 2 aromatic rings. The Morgan fingerprint density at radius 3 is 2.65 bits per heavy atom. The van der Waals surface area contributed by atoms with Crippen molar-refractivity contribution < 1.29 is 5.11 Å². The van der Waals surface area contributed by atoms with Crippen LogP contribution in [0.25, 0.3) is 0 Å². The van der Waals surface area contributed by atoms with Crippen LogP contribution in [0.15, 0.2) is 48.5 Å². The second kappa shape index (κ2) is 6.91. The van der Waals surface area contributed by atoms with E-state index in [9.17, 15) is 5.11 Å². The molecule has 1 unspecified atom stereocenters. The first-order valence-corrected chi connectivity index (χ1v) is 6.90. The molecule has 0 spiro atoms. The highest BCUT2D eigenvalue weighted by atomic mass is 79.9. The van der Waals surface area contributed by atoms with Gasteiger partial charge in [-0.2, -0.15) is 0 Å². The van der Waals surface area contributed by atoms with Crippen molar-refractivity contribution in [3.05, 3.63) is 65.2 Å². The molecule has 2 nitrogen and oxygen atoms in total. The van der Waals surface area contributed by atoms with E-state index in [2.05, 4.69) is 35.6 Å². The molecule has 0 aromatic heterocycles. The summed E-state index contributed by atoms with van der Waals surface area (Å²) in [5, 5.41) is 13.5. The average Bonchev–Trinajstić information content (AvgIpc) is 2.47. The highest BCUT2D eigenvalue weighted by Gasteiger charge is 2.20. The van der Waals surface area contributed by atoms with Gasteiger partial charge in [-0.15, -0.1) is 17.0 Å². The minimum atomic E-state index is 0. The zero-order valence-corrected chi connectivity index (χ0v) is 13.1. The Hall–Kier alpha value is -1.32. The molecule has 0 amide bonds. The van der Waals surface area contributed by atoms with Crippen LogP contribution in [-0.4, -0.2) is 11.1 Å². The quantitative estimate of drug-likeness (QED) is 0.899. The lowest BCUT2D eigenvalue weighted by atomic mass is 9.87. The molecule has 1 aliphatic carbocycles. The van der Waals surface area contributed by atoms with Gasteiger partial charge in [0.25, 0.3) is 0 Å². The van der Waals surface area contributed by atoms with Crippen LogP contribution in [0, 0.1) is 0 Å². The fourth-order valence-corrected chi connectivity index (χ4v) is 2.80. The standard InChI is InChI=1S/C17H19NO.BrH/c19-17-8-4-7-14-9-10-15(11-16(14)17)18-12-13-5-2-1-3-6-13;/h1-8,15,18-19H,9-12H2;1H. The SMILES string of the molecule is Br.Oc1cccc2c1CC(NCc1ccccc1)CC2. The van der Waals surface area contributed by atoms with E-state index in [0.717, 1.165) is 31.4 Å². The second-order valence-electron chi connectivity index (χ2n) is 5.22. The van der Waals surface area contributed by atoms with E-state index < -0.39 is 0 Å². The van der Waals surface area contributed by atoms with Gasteiger partial charge in [0.15, 0.2) is 0 Å². The lowest BCUT2D eigenvalue weighted by molar-refractivity contribution is 0.426. The normalized spacial score (nSPS) is 17.1. The maximum absolute atomic E-state index is 9.93. The maximum atomic E-state index is 9.93. The van der Waals surface area contributed by atoms with Crippen molar-refractivity contribution in [2.45, 2.75) is 31.8 Å². The van der Waals surface area contributed by atoms with Crippen LogP contribution in [0.3, 0.4) is 0 Å². The summed E-state index contributed by atoms with van der Waals surface area (Å²) in [7, 11) is 0. The third kappa shape index (κ3) is 3.41. The van der Waals surface area contributed by atoms with E-state index in [4.69, 9.17) is 0 Å². The van der Waals surface area contributed by atoms with Crippen LogP contribution >= 0.6 is 17.0 Å². The summed E-state index contributed by atoms with van der Waals surface area (Å²) in [6, 6.07) is 16.8.